The van der Waals surface area contributed by atoms with E-state index in [2.05, 4.69) is 0 Å². The van der Waals surface area contributed by atoms with Gasteiger partial charge in [0, 0.05) is 37.7 Å². The molecular weight excluding hydrogens is 467 g/mol. The third kappa shape index (κ3) is 6.74. The molecule has 1 unspecified atom stereocenters. The Hall–Kier alpha value is -3.08. The summed E-state index contributed by atoms with van der Waals surface area (Å²) in [7, 11) is 2.73. The van der Waals surface area contributed by atoms with Crippen molar-refractivity contribution in [3.8, 4) is 17.2 Å². The lowest BCUT2D eigenvalue weighted by molar-refractivity contribution is -0.137. The van der Waals surface area contributed by atoms with Crippen LogP contribution in [0.1, 0.15) is 27.0 Å². The van der Waals surface area contributed by atoms with Crippen LogP contribution in [-0.2, 0) is 17.3 Å². The van der Waals surface area contributed by atoms with E-state index >= 15 is 0 Å². The summed E-state index contributed by atoms with van der Waals surface area (Å²) in [5.74, 6) is -0.688. The Morgan fingerprint density at radius 3 is 2.34 bits per heavy atom. The smallest absolute Gasteiger partial charge is 0.416 e. The van der Waals surface area contributed by atoms with Gasteiger partial charge in [-0.15, -0.1) is 0 Å². The molecule has 0 spiro atoms. The van der Waals surface area contributed by atoms with Crippen LogP contribution in [0.4, 0.5) is 13.2 Å². The fraction of sp³-hybridized carbons (Fsp3) is 0.400. The number of rotatable bonds is 9. The van der Waals surface area contributed by atoms with Gasteiger partial charge in [-0.2, -0.15) is 13.2 Å². The quantitative estimate of drug-likeness (QED) is 0.406. The number of ketones is 1. The van der Waals surface area contributed by atoms with Crippen molar-refractivity contribution in [3.05, 3.63) is 58.7 Å². The number of halogens is 3. The number of carbonyl (C=O) groups is 1. The number of phenols is 1. The molecule has 0 aliphatic carbocycles. The molecule has 190 valence electrons. The summed E-state index contributed by atoms with van der Waals surface area (Å²) in [6.45, 7) is 2.87. The summed E-state index contributed by atoms with van der Waals surface area (Å²) in [5.41, 5.74) is -0.305. The van der Waals surface area contributed by atoms with Gasteiger partial charge >= 0.3 is 6.18 Å². The number of β-amino-alcohol motifs (C(OH)–C–C–N with tert-alkyl or cyclic N) is 1. The lowest BCUT2D eigenvalue weighted by atomic mass is 9.97. The predicted molar refractivity (Wildman–Crippen MR) is 123 cm³/mol. The number of hydrogen-bond donors (Lipinski definition) is 2. The van der Waals surface area contributed by atoms with Crippen LogP contribution in [0.25, 0.3) is 6.08 Å². The third-order valence-corrected chi connectivity index (χ3v) is 5.69. The number of hydrogen-bond acceptors (Lipinski definition) is 7. The molecule has 1 aliphatic rings. The highest BCUT2D eigenvalue weighted by Gasteiger charge is 2.30. The Labute approximate surface area is 201 Å². The van der Waals surface area contributed by atoms with E-state index in [1.807, 2.05) is 4.90 Å². The zero-order chi connectivity index (χ0) is 25.6. The van der Waals surface area contributed by atoms with E-state index in [1.54, 1.807) is 0 Å². The molecule has 0 radical (unpaired) electrons. The number of benzene rings is 2. The number of ether oxygens (including phenoxy) is 3. The lowest BCUT2D eigenvalue weighted by Crippen LogP contribution is -2.41. The molecule has 2 N–H and O–H groups in total. The van der Waals surface area contributed by atoms with Gasteiger partial charge in [-0.25, -0.2) is 0 Å². The van der Waals surface area contributed by atoms with Crippen LogP contribution in [0.15, 0.2) is 36.4 Å². The summed E-state index contributed by atoms with van der Waals surface area (Å²) < 4.78 is 54.2. The maximum absolute atomic E-state index is 13.0. The molecule has 1 heterocycles. The Bertz CT molecular complexity index is 1050. The first-order valence-corrected chi connectivity index (χ1v) is 11.0. The van der Waals surface area contributed by atoms with Gasteiger partial charge in [0.15, 0.2) is 5.78 Å². The van der Waals surface area contributed by atoms with E-state index in [0.717, 1.165) is 18.2 Å². The first kappa shape index (κ1) is 26.5. The topological polar surface area (TPSA) is 88.5 Å². The van der Waals surface area contributed by atoms with Crippen LogP contribution in [-0.4, -0.2) is 74.1 Å². The highest BCUT2D eigenvalue weighted by atomic mass is 19.4. The monoisotopic (exact) mass is 495 g/mol. The average molecular weight is 495 g/mol. The van der Waals surface area contributed by atoms with Crippen LogP contribution in [0.2, 0.25) is 0 Å². The van der Waals surface area contributed by atoms with Crippen LogP contribution in [0.5, 0.6) is 17.2 Å². The largest absolute Gasteiger partial charge is 0.507 e. The van der Waals surface area contributed by atoms with Gasteiger partial charge in [-0.1, -0.05) is 18.2 Å². The first-order valence-electron chi connectivity index (χ1n) is 11.0. The van der Waals surface area contributed by atoms with Crippen molar-refractivity contribution in [2.45, 2.75) is 18.7 Å². The first-order chi connectivity index (χ1) is 16.6. The minimum atomic E-state index is -4.46. The summed E-state index contributed by atoms with van der Waals surface area (Å²) in [5, 5.41) is 21.6. The highest BCUT2D eigenvalue weighted by Crippen LogP contribution is 2.40. The van der Waals surface area contributed by atoms with Gasteiger partial charge < -0.3 is 24.4 Å². The SMILES string of the molecule is COc1cc(OC)c(C(=O)C=Cc2ccc(C(F)(F)F)cc2)c(O)c1CC(O)CN1CCOCC1. The van der Waals surface area contributed by atoms with E-state index in [1.165, 1.54) is 38.5 Å². The minimum absolute atomic E-state index is 0.0270. The van der Waals surface area contributed by atoms with E-state index in [0.29, 0.717) is 38.4 Å². The normalized spacial score (nSPS) is 15.8. The van der Waals surface area contributed by atoms with Crippen molar-refractivity contribution >= 4 is 11.9 Å². The molecule has 1 saturated heterocycles. The number of methoxy groups -OCH3 is 2. The molecule has 7 nitrogen and oxygen atoms in total. The Morgan fingerprint density at radius 1 is 1.14 bits per heavy atom. The van der Waals surface area contributed by atoms with E-state index in [9.17, 15) is 28.2 Å². The number of morpholine rings is 1. The molecule has 1 atom stereocenters. The van der Waals surface area contributed by atoms with E-state index in [4.69, 9.17) is 14.2 Å². The van der Waals surface area contributed by atoms with Crippen molar-refractivity contribution in [1.29, 1.82) is 0 Å². The summed E-state index contributed by atoms with van der Waals surface area (Å²) >= 11 is 0. The molecule has 1 fully saturated rings. The molecule has 0 bridgehead atoms. The summed E-state index contributed by atoms with van der Waals surface area (Å²) in [4.78, 5) is 15.0. The Kier molecular flexibility index (Phi) is 8.76. The molecule has 0 amide bonds. The maximum atomic E-state index is 13.0. The fourth-order valence-electron chi connectivity index (χ4n) is 3.86. The van der Waals surface area contributed by atoms with Gasteiger partial charge in [-0.05, 0) is 23.8 Å². The molecule has 10 heteroatoms. The molecule has 2 aromatic carbocycles. The van der Waals surface area contributed by atoms with Gasteiger partial charge in [0.2, 0.25) is 0 Å². The number of aliphatic hydroxyl groups is 1. The van der Waals surface area contributed by atoms with E-state index < -0.39 is 23.6 Å². The zero-order valence-electron chi connectivity index (χ0n) is 19.5. The van der Waals surface area contributed by atoms with Crippen LogP contribution >= 0.6 is 0 Å². The average Bonchev–Trinajstić information content (AvgIpc) is 2.83. The lowest BCUT2D eigenvalue weighted by Gasteiger charge is -2.29. The number of aliphatic hydroxyl groups excluding tert-OH is 1. The second-order valence-electron chi connectivity index (χ2n) is 8.07. The van der Waals surface area contributed by atoms with Crippen molar-refractivity contribution in [2.75, 3.05) is 47.1 Å². The molecule has 0 saturated carbocycles. The van der Waals surface area contributed by atoms with Gasteiger partial charge in [-0.3, -0.25) is 9.69 Å². The molecule has 3 rings (SSSR count). The second kappa shape index (κ2) is 11.6. The Morgan fingerprint density at radius 2 is 1.77 bits per heavy atom. The Balaban J connectivity index is 1.84. The standard InChI is InChI=1S/C25H28F3NO6/c1-33-21-14-22(34-2)23(20(31)8-5-16-3-6-17(7-4-16)25(26,27)28)24(32)19(21)13-18(30)15-29-9-11-35-12-10-29/h3-8,14,18,30,32H,9-13,15H2,1-2H3. The van der Waals surface area contributed by atoms with Crippen LogP contribution in [0.3, 0.4) is 0 Å². The van der Waals surface area contributed by atoms with E-state index in [-0.39, 0.29) is 34.8 Å². The summed E-state index contributed by atoms with van der Waals surface area (Å²) in [6.07, 6.45) is -2.78. The van der Waals surface area contributed by atoms with Crippen molar-refractivity contribution < 1.29 is 42.4 Å². The number of allylic oxidation sites excluding steroid dienone is 1. The fourth-order valence-corrected chi connectivity index (χ4v) is 3.86. The van der Waals surface area contributed by atoms with Crippen molar-refractivity contribution in [1.82, 2.24) is 4.90 Å². The molecular formula is C25H28F3NO6. The predicted octanol–water partition coefficient (Wildman–Crippen LogP) is 3.56. The molecule has 2 aromatic rings. The minimum Gasteiger partial charge on any atom is -0.507 e. The molecule has 0 aromatic heterocycles. The number of nitrogens with zero attached hydrogens (tertiary/aromatic N) is 1. The molecule has 35 heavy (non-hydrogen) atoms. The third-order valence-electron chi connectivity index (χ3n) is 5.69. The maximum Gasteiger partial charge on any atom is 0.416 e. The van der Waals surface area contributed by atoms with Crippen molar-refractivity contribution in [2.24, 2.45) is 0 Å². The number of phenolic OH excluding ortho intramolecular Hbond substituents is 1. The summed E-state index contributed by atoms with van der Waals surface area (Å²) in [6, 6.07) is 5.78. The van der Waals surface area contributed by atoms with Crippen molar-refractivity contribution in [3.63, 3.8) is 0 Å². The second-order valence-corrected chi connectivity index (χ2v) is 8.07. The van der Waals surface area contributed by atoms with Crippen LogP contribution < -0.4 is 9.47 Å². The van der Waals surface area contributed by atoms with Gasteiger partial charge in [0.1, 0.15) is 22.8 Å². The number of carbonyl (C=O) groups excluding carboxylic acids is 1. The van der Waals surface area contributed by atoms with Crippen LogP contribution in [0, 0.1) is 0 Å². The highest BCUT2D eigenvalue weighted by molar-refractivity contribution is 6.11. The van der Waals surface area contributed by atoms with Gasteiger partial charge in [0.25, 0.3) is 0 Å². The van der Waals surface area contributed by atoms with Gasteiger partial charge in [0.05, 0.1) is 39.1 Å². The molecule has 1 aliphatic heterocycles. The number of aromatic hydroxyl groups is 1. The number of alkyl halides is 3. The zero-order valence-corrected chi connectivity index (χ0v) is 19.5.